The van der Waals surface area contributed by atoms with E-state index < -0.39 is 12.0 Å². The van der Waals surface area contributed by atoms with Crippen LogP contribution < -0.4 is 19.7 Å². The lowest BCUT2D eigenvalue weighted by Crippen LogP contribution is -2.37. The Labute approximate surface area is 193 Å². The molecule has 0 unspecified atom stereocenters. The number of hydrogen-bond acceptors (Lipinski definition) is 8. The predicted molar refractivity (Wildman–Crippen MR) is 118 cm³/mol. The lowest BCUT2D eigenvalue weighted by Gasteiger charge is -2.35. The second-order valence-electron chi connectivity index (χ2n) is 9.05. The Morgan fingerprint density at radius 3 is 2.74 bits per heavy atom. The minimum Gasteiger partial charge on any atom is -0.486 e. The smallest absolute Gasteiger partial charge is 0.486 e. The zero-order chi connectivity index (χ0) is 24.1. The highest BCUT2D eigenvalue weighted by Gasteiger charge is 2.33. The fourth-order valence-corrected chi connectivity index (χ4v) is 4.45. The van der Waals surface area contributed by atoms with Crippen LogP contribution in [0.2, 0.25) is 0 Å². The monoisotopic (exact) mass is 478 g/mol. The third-order valence-electron chi connectivity index (χ3n) is 6.27. The molecule has 1 fully saturated rings. The second kappa shape index (κ2) is 8.19. The van der Waals surface area contributed by atoms with Gasteiger partial charge in [0.2, 0.25) is 5.65 Å². The summed E-state index contributed by atoms with van der Waals surface area (Å²) in [7, 11) is 1.94. The van der Waals surface area contributed by atoms with Crippen LogP contribution in [0, 0.1) is 0 Å². The van der Waals surface area contributed by atoms with Crippen molar-refractivity contribution in [1.29, 1.82) is 0 Å². The minimum absolute atomic E-state index is 0.105. The van der Waals surface area contributed by atoms with E-state index in [1.54, 1.807) is 6.07 Å². The molecule has 1 aliphatic carbocycles. The Kier molecular flexibility index (Phi) is 5.42. The van der Waals surface area contributed by atoms with Crippen molar-refractivity contribution < 1.29 is 27.8 Å². The van der Waals surface area contributed by atoms with Gasteiger partial charge in [-0.3, -0.25) is 0 Å². The molecular weight excluding hydrogens is 453 g/mol. The highest BCUT2D eigenvalue weighted by Crippen LogP contribution is 2.41. The second-order valence-corrected chi connectivity index (χ2v) is 9.05. The van der Waals surface area contributed by atoms with Gasteiger partial charge < -0.3 is 24.8 Å². The van der Waals surface area contributed by atoms with E-state index in [4.69, 9.17) is 9.84 Å². The van der Waals surface area contributed by atoms with E-state index in [0.717, 1.165) is 18.5 Å². The van der Waals surface area contributed by atoms with E-state index in [2.05, 4.69) is 20.3 Å². The molecule has 12 heteroatoms. The van der Waals surface area contributed by atoms with Crippen molar-refractivity contribution in [1.82, 2.24) is 19.8 Å². The molecule has 2 N–H and O–H groups in total. The first-order chi connectivity index (χ1) is 16.1. The van der Waals surface area contributed by atoms with E-state index in [-0.39, 0.29) is 17.6 Å². The number of nitrogens with one attached hydrogen (secondary N) is 1. The number of likely N-dealkylation sites (N-methyl/N-ethyl adjacent to an activating group) is 1. The fraction of sp³-hybridized carbons (Fsp3) is 0.500. The zero-order valence-corrected chi connectivity index (χ0v) is 18.8. The Morgan fingerprint density at radius 2 is 2.00 bits per heavy atom. The molecule has 182 valence electrons. The average molecular weight is 478 g/mol. The van der Waals surface area contributed by atoms with Crippen molar-refractivity contribution in [2.45, 2.75) is 50.6 Å². The number of ether oxygens (including phenoxy) is 2. The summed E-state index contributed by atoms with van der Waals surface area (Å²) >= 11 is 0. The van der Waals surface area contributed by atoms with E-state index in [1.165, 1.54) is 22.7 Å². The van der Waals surface area contributed by atoms with Crippen molar-refractivity contribution in [3.8, 4) is 22.9 Å². The molecule has 1 saturated carbocycles. The van der Waals surface area contributed by atoms with Crippen molar-refractivity contribution >= 4 is 17.2 Å². The Morgan fingerprint density at radius 1 is 1.24 bits per heavy atom. The molecule has 0 amide bonds. The molecule has 0 saturated heterocycles. The van der Waals surface area contributed by atoms with Gasteiger partial charge in [-0.15, -0.1) is 28.5 Å². The predicted octanol–water partition coefficient (Wildman–Crippen LogP) is 3.62. The van der Waals surface area contributed by atoms with E-state index in [9.17, 15) is 18.3 Å². The number of halogens is 3. The standard InChI is InChI=1S/C22H25F3N6O3/c1-21(32)8-6-14(7-9-21)26-18-16-17(33-11-10-30(16)2)20-28-27-19(31(20)29-18)13-4-3-5-15(12-13)34-22(23,24)25/h3-5,12,14,32H,6-11H2,1-2H3,(H,26,29). The number of nitrogens with zero attached hydrogens (tertiary/aromatic N) is 5. The number of hydrogen-bond donors (Lipinski definition) is 2. The van der Waals surface area contributed by atoms with Crippen LogP contribution in [0.4, 0.5) is 24.7 Å². The SMILES string of the molecule is CN1CCOc2c1c(NC1CCC(C)(O)CC1)nn1c(-c3cccc(OC(F)(F)F)c3)nnc21. The van der Waals surface area contributed by atoms with Crippen molar-refractivity contribution in [3.05, 3.63) is 24.3 Å². The van der Waals surface area contributed by atoms with Gasteiger partial charge in [0.25, 0.3) is 0 Å². The quantitative estimate of drug-likeness (QED) is 0.587. The van der Waals surface area contributed by atoms with Crippen molar-refractivity contribution in [2.24, 2.45) is 0 Å². The van der Waals surface area contributed by atoms with Gasteiger partial charge in [0.05, 0.1) is 12.1 Å². The number of aliphatic hydroxyl groups is 1. The first-order valence-electron chi connectivity index (χ1n) is 11.1. The van der Waals surface area contributed by atoms with Gasteiger partial charge in [-0.1, -0.05) is 12.1 Å². The highest BCUT2D eigenvalue weighted by atomic mass is 19.4. The number of alkyl halides is 3. The molecule has 9 nitrogen and oxygen atoms in total. The first kappa shape index (κ1) is 22.5. The van der Waals surface area contributed by atoms with Crippen LogP contribution in [0.1, 0.15) is 32.6 Å². The number of fused-ring (bicyclic) bond motifs is 3. The maximum atomic E-state index is 12.7. The Hall–Kier alpha value is -3.28. The third kappa shape index (κ3) is 4.41. The minimum atomic E-state index is -4.80. The van der Waals surface area contributed by atoms with Gasteiger partial charge in [0.15, 0.2) is 17.4 Å². The summed E-state index contributed by atoms with van der Waals surface area (Å²) in [6, 6.07) is 5.64. The van der Waals surface area contributed by atoms with Gasteiger partial charge in [0, 0.05) is 18.7 Å². The van der Waals surface area contributed by atoms with Crippen LogP contribution in [0.25, 0.3) is 17.0 Å². The van der Waals surface area contributed by atoms with Gasteiger partial charge in [-0.05, 0) is 44.7 Å². The van der Waals surface area contributed by atoms with Crippen LogP contribution in [-0.2, 0) is 0 Å². The van der Waals surface area contributed by atoms with E-state index >= 15 is 0 Å². The Bertz CT molecular complexity index is 1200. The summed E-state index contributed by atoms with van der Waals surface area (Å²) in [5.74, 6) is 0.982. The molecule has 0 atom stereocenters. The third-order valence-corrected chi connectivity index (χ3v) is 6.27. The van der Waals surface area contributed by atoms with Crippen LogP contribution in [0.3, 0.4) is 0 Å². The van der Waals surface area contributed by atoms with E-state index in [1.807, 2.05) is 18.9 Å². The van der Waals surface area contributed by atoms with Crippen molar-refractivity contribution in [2.75, 3.05) is 30.4 Å². The van der Waals surface area contributed by atoms with Crippen molar-refractivity contribution in [3.63, 3.8) is 0 Å². The average Bonchev–Trinajstić information content (AvgIpc) is 3.18. The molecule has 1 aromatic carbocycles. The molecule has 0 spiro atoms. The van der Waals surface area contributed by atoms with Crippen LogP contribution in [-0.4, -0.2) is 63.1 Å². The van der Waals surface area contributed by atoms with Crippen LogP contribution >= 0.6 is 0 Å². The van der Waals surface area contributed by atoms with Crippen LogP contribution in [0.5, 0.6) is 11.5 Å². The zero-order valence-electron chi connectivity index (χ0n) is 18.8. The maximum Gasteiger partial charge on any atom is 0.573 e. The summed E-state index contributed by atoms with van der Waals surface area (Å²) in [4.78, 5) is 2.03. The van der Waals surface area contributed by atoms with Crippen LogP contribution in [0.15, 0.2) is 24.3 Å². The molecule has 3 heterocycles. The molecule has 2 aliphatic rings. The first-order valence-corrected chi connectivity index (χ1v) is 11.1. The maximum absolute atomic E-state index is 12.7. The topological polar surface area (TPSA) is 97.0 Å². The summed E-state index contributed by atoms with van der Waals surface area (Å²) in [6.45, 7) is 2.96. The number of rotatable bonds is 4. The van der Waals surface area contributed by atoms with Gasteiger partial charge in [-0.2, -0.15) is 4.52 Å². The molecule has 5 rings (SSSR count). The highest BCUT2D eigenvalue weighted by molar-refractivity contribution is 5.82. The number of anilines is 2. The number of benzene rings is 1. The molecule has 3 aromatic rings. The summed E-state index contributed by atoms with van der Waals surface area (Å²) in [5.41, 5.74) is 0.824. The fourth-order valence-electron chi connectivity index (χ4n) is 4.45. The summed E-state index contributed by atoms with van der Waals surface area (Å²) < 4.78 is 49.6. The molecule has 0 radical (unpaired) electrons. The van der Waals surface area contributed by atoms with Gasteiger partial charge >= 0.3 is 6.36 Å². The summed E-state index contributed by atoms with van der Waals surface area (Å²) in [6.07, 6.45) is -1.91. The Balaban J connectivity index is 1.56. The normalized spacial score (nSPS) is 22.9. The molecular formula is C22H25F3N6O3. The lowest BCUT2D eigenvalue weighted by atomic mass is 9.83. The molecule has 1 aliphatic heterocycles. The molecule has 34 heavy (non-hydrogen) atoms. The molecule has 2 aromatic heterocycles. The number of aromatic nitrogens is 4. The molecule has 0 bridgehead atoms. The summed E-state index contributed by atoms with van der Waals surface area (Å²) in [5, 5.41) is 26.9. The van der Waals surface area contributed by atoms with Gasteiger partial charge in [0.1, 0.15) is 18.0 Å². The van der Waals surface area contributed by atoms with E-state index in [0.29, 0.717) is 48.8 Å². The lowest BCUT2D eigenvalue weighted by molar-refractivity contribution is -0.274. The van der Waals surface area contributed by atoms with Gasteiger partial charge in [-0.25, -0.2) is 0 Å². The largest absolute Gasteiger partial charge is 0.573 e.